The molecule has 1 aliphatic heterocycles. The molecule has 1 heterocycles. The summed E-state index contributed by atoms with van der Waals surface area (Å²) in [5, 5.41) is 17.1. The van der Waals surface area contributed by atoms with Crippen LogP contribution < -0.4 is 10.6 Å². The number of rotatable bonds is 8. The fraction of sp³-hybridized carbons (Fsp3) is 0.938. The van der Waals surface area contributed by atoms with Crippen molar-refractivity contribution in [2.24, 2.45) is 4.99 Å². The van der Waals surface area contributed by atoms with Crippen molar-refractivity contribution in [2.45, 2.75) is 70.9 Å². The van der Waals surface area contributed by atoms with Crippen LogP contribution in [0.15, 0.2) is 4.99 Å². The van der Waals surface area contributed by atoms with E-state index in [4.69, 9.17) is 4.74 Å². The van der Waals surface area contributed by atoms with Crippen molar-refractivity contribution in [3.8, 4) is 0 Å². The highest BCUT2D eigenvalue weighted by Gasteiger charge is 2.29. The van der Waals surface area contributed by atoms with Crippen molar-refractivity contribution in [3.05, 3.63) is 0 Å². The first-order valence-corrected chi connectivity index (χ1v) is 8.44. The van der Waals surface area contributed by atoms with Crippen LogP contribution in [0.3, 0.4) is 0 Å². The Hall–Kier alpha value is -0.810. The summed E-state index contributed by atoms with van der Waals surface area (Å²) >= 11 is 0. The monoisotopic (exact) mass is 299 g/mol. The molecule has 0 aromatic heterocycles. The molecule has 0 radical (unpaired) electrons. The van der Waals surface area contributed by atoms with Crippen LogP contribution in [0.1, 0.15) is 59.3 Å². The zero-order valence-electron chi connectivity index (χ0n) is 14.0. The van der Waals surface area contributed by atoms with Gasteiger partial charge in [-0.25, -0.2) is 0 Å². The largest absolute Gasteiger partial charge is 0.388 e. The van der Waals surface area contributed by atoms with Crippen molar-refractivity contribution in [1.82, 2.24) is 10.6 Å². The molecule has 0 saturated carbocycles. The lowest BCUT2D eigenvalue weighted by atomic mass is 9.95. The Morgan fingerprint density at radius 2 is 2.00 bits per heavy atom. The number of ether oxygens (including phenoxy) is 1. The molecule has 1 atom stereocenters. The molecule has 1 unspecified atom stereocenters. The predicted octanol–water partition coefficient (Wildman–Crippen LogP) is 2.05. The molecule has 124 valence electrons. The predicted molar refractivity (Wildman–Crippen MR) is 87.7 cm³/mol. The van der Waals surface area contributed by atoms with Gasteiger partial charge in [-0.15, -0.1) is 0 Å². The molecule has 3 N–H and O–H groups in total. The second-order valence-corrected chi connectivity index (χ2v) is 6.07. The van der Waals surface area contributed by atoms with Gasteiger partial charge in [-0.2, -0.15) is 0 Å². The summed E-state index contributed by atoms with van der Waals surface area (Å²) in [4.78, 5) is 4.57. The minimum atomic E-state index is -0.702. The Balaban J connectivity index is 2.44. The summed E-state index contributed by atoms with van der Waals surface area (Å²) in [7, 11) is 0. The van der Waals surface area contributed by atoms with E-state index in [1.165, 1.54) is 19.3 Å². The molecule has 5 heteroatoms. The van der Waals surface area contributed by atoms with Gasteiger partial charge in [-0.05, 0) is 20.3 Å². The van der Waals surface area contributed by atoms with Crippen molar-refractivity contribution in [3.63, 3.8) is 0 Å². The molecule has 1 aliphatic rings. The molecule has 1 rings (SSSR count). The first kappa shape index (κ1) is 18.2. The third-order valence-electron chi connectivity index (χ3n) is 3.92. The van der Waals surface area contributed by atoms with Gasteiger partial charge in [0.1, 0.15) is 0 Å². The quantitative estimate of drug-likeness (QED) is 0.365. The summed E-state index contributed by atoms with van der Waals surface area (Å²) in [6.07, 6.45) is 6.25. The van der Waals surface area contributed by atoms with E-state index >= 15 is 0 Å². The van der Waals surface area contributed by atoms with Crippen molar-refractivity contribution in [2.75, 3.05) is 26.3 Å². The molecule has 0 spiro atoms. The average molecular weight is 299 g/mol. The Morgan fingerprint density at radius 1 is 1.29 bits per heavy atom. The highest BCUT2D eigenvalue weighted by atomic mass is 16.5. The topological polar surface area (TPSA) is 65.9 Å². The third-order valence-corrected chi connectivity index (χ3v) is 3.92. The van der Waals surface area contributed by atoms with Gasteiger partial charge in [0.25, 0.3) is 0 Å². The third kappa shape index (κ3) is 7.67. The van der Waals surface area contributed by atoms with Gasteiger partial charge in [-0.3, -0.25) is 4.99 Å². The van der Waals surface area contributed by atoms with Crippen LogP contribution in [0.2, 0.25) is 0 Å². The maximum absolute atomic E-state index is 10.5. The van der Waals surface area contributed by atoms with E-state index in [0.29, 0.717) is 38.6 Å². The number of unbranched alkanes of at least 4 members (excludes halogenated alkanes) is 2. The summed E-state index contributed by atoms with van der Waals surface area (Å²) in [6.45, 7) is 8.99. The normalized spacial score (nSPS) is 20.1. The molecule has 0 aliphatic carbocycles. The number of guanidine groups is 1. The van der Waals surface area contributed by atoms with Gasteiger partial charge < -0.3 is 20.5 Å². The molecule has 0 aromatic rings. The minimum Gasteiger partial charge on any atom is -0.388 e. The molecular weight excluding hydrogens is 266 g/mol. The molecule has 21 heavy (non-hydrogen) atoms. The summed E-state index contributed by atoms with van der Waals surface area (Å²) in [6, 6.07) is 0.402. The Kier molecular flexibility index (Phi) is 8.69. The highest BCUT2D eigenvalue weighted by Crippen LogP contribution is 2.20. The number of nitrogens with zero attached hydrogens (tertiary/aromatic N) is 1. The van der Waals surface area contributed by atoms with Gasteiger partial charge in [-0.1, -0.05) is 26.2 Å². The van der Waals surface area contributed by atoms with E-state index in [1.54, 1.807) is 0 Å². The molecule has 1 saturated heterocycles. The lowest BCUT2D eigenvalue weighted by Crippen LogP contribution is -2.45. The zero-order valence-corrected chi connectivity index (χ0v) is 14.0. The first-order chi connectivity index (χ1) is 10.1. The van der Waals surface area contributed by atoms with Crippen LogP contribution >= 0.6 is 0 Å². The Bertz CT molecular complexity index is 302. The molecule has 0 amide bonds. The Labute approximate surface area is 129 Å². The summed E-state index contributed by atoms with van der Waals surface area (Å²) < 4.78 is 5.30. The average Bonchev–Trinajstić information content (AvgIpc) is 2.46. The maximum atomic E-state index is 10.5. The first-order valence-electron chi connectivity index (χ1n) is 8.44. The van der Waals surface area contributed by atoms with E-state index in [0.717, 1.165) is 18.9 Å². The fourth-order valence-corrected chi connectivity index (χ4v) is 2.46. The van der Waals surface area contributed by atoms with Crippen LogP contribution in [-0.4, -0.2) is 49.0 Å². The van der Waals surface area contributed by atoms with E-state index in [-0.39, 0.29) is 0 Å². The molecule has 5 nitrogen and oxygen atoms in total. The van der Waals surface area contributed by atoms with E-state index in [9.17, 15) is 5.11 Å². The second-order valence-electron chi connectivity index (χ2n) is 6.07. The Morgan fingerprint density at radius 3 is 2.62 bits per heavy atom. The highest BCUT2D eigenvalue weighted by molar-refractivity contribution is 5.80. The van der Waals surface area contributed by atoms with Crippen molar-refractivity contribution < 1.29 is 9.84 Å². The van der Waals surface area contributed by atoms with Gasteiger partial charge >= 0.3 is 0 Å². The van der Waals surface area contributed by atoms with Crippen LogP contribution in [0.5, 0.6) is 0 Å². The van der Waals surface area contributed by atoms with E-state index < -0.39 is 5.60 Å². The van der Waals surface area contributed by atoms with Crippen LogP contribution in [-0.2, 0) is 4.74 Å². The van der Waals surface area contributed by atoms with Crippen molar-refractivity contribution >= 4 is 5.96 Å². The van der Waals surface area contributed by atoms with Gasteiger partial charge in [0, 0.05) is 38.6 Å². The van der Waals surface area contributed by atoms with Gasteiger partial charge in [0.2, 0.25) is 0 Å². The van der Waals surface area contributed by atoms with E-state index in [2.05, 4.69) is 36.4 Å². The number of nitrogens with one attached hydrogen (secondary N) is 2. The van der Waals surface area contributed by atoms with Crippen molar-refractivity contribution in [1.29, 1.82) is 0 Å². The standard InChI is InChI=1S/C16H33N3O2/c1-4-6-7-8-14(3)19-15(17-5-2)18-13-16(20)9-11-21-12-10-16/h14,20H,4-13H2,1-3H3,(H2,17,18,19). The fourth-order valence-electron chi connectivity index (χ4n) is 2.46. The molecule has 0 aromatic carbocycles. The van der Waals surface area contributed by atoms with Crippen LogP contribution in [0.25, 0.3) is 0 Å². The van der Waals surface area contributed by atoms with Crippen LogP contribution in [0, 0.1) is 0 Å². The molecule has 1 fully saturated rings. The zero-order chi connectivity index (χ0) is 15.6. The minimum absolute atomic E-state index is 0.402. The lowest BCUT2D eigenvalue weighted by molar-refractivity contribution is -0.0566. The SMILES string of the molecule is CCCCCC(C)NC(=NCC1(O)CCOCC1)NCC. The number of aliphatic hydroxyl groups is 1. The maximum Gasteiger partial charge on any atom is 0.191 e. The summed E-state index contributed by atoms with van der Waals surface area (Å²) in [5.41, 5.74) is -0.702. The number of aliphatic imine (C=N–C) groups is 1. The molecular formula is C16H33N3O2. The summed E-state index contributed by atoms with van der Waals surface area (Å²) in [5.74, 6) is 0.807. The second kappa shape index (κ2) is 10.0. The van der Waals surface area contributed by atoms with Crippen LogP contribution in [0.4, 0.5) is 0 Å². The van der Waals surface area contributed by atoms with E-state index in [1.807, 2.05) is 0 Å². The lowest BCUT2D eigenvalue weighted by Gasteiger charge is -2.30. The number of hydrogen-bond donors (Lipinski definition) is 3. The van der Waals surface area contributed by atoms with Gasteiger partial charge in [0.15, 0.2) is 5.96 Å². The molecule has 0 bridgehead atoms. The van der Waals surface area contributed by atoms with Gasteiger partial charge in [0.05, 0.1) is 12.1 Å². The number of hydrogen-bond acceptors (Lipinski definition) is 3. The smallest absolute Gasteiger partial charge is 0.191 e.